The van der Waals surface area contributed by atoms with Crippen LogP contribution in [0.3, 0.4) is 0 Å². The van der Waals surface area contributed by atoms with E-state index in [0.29, 0.717) is 23.9 Å². The predicted octanol–water partition coefficient (Wildman–Crippen LogP) is 3.56. The van der Waals surface area contributed by atoms with Gasteiger partial charge in [-0.3, -0.25) is 9.59 Å². The lowest BCUT2D eigenvalue weighted by Gasteiger charge is -2.36. The van der Waals surface area contributed by atoms with Crippen LogP contribution < -0.4 is 10.1 Å². The third kappa shape index (κ3) is 3.98. The van der Waals surface area contributed by atoms with Crippen molar-refractivity contribution in [1.82, 2.24) is 10.2 Å². The van der Waals surface area contributed by atoms with Gasteiger partial charge in [0.1, 0.15) is 5.75 Å². The Morgan fingerprint density at radius 3 is 2.77 bits per heavy atom. The number of benzene rings is 1. The van der Waals surface area contributed by atoms with E-state index in [1.807, 2.05) is 37.8 Å². The summed E-state index contributed by atoms with van der Waals surface area (Å²) in [7, 11) is 0. The van der Waals surface area contributed by atoms with Gasteiger partial charge in [-0.2, -0.15) is 0 Å². The number of carbonyl (C=O) groups is 2. The van der Waals surface area contributed by atoms with Crippen molar-refractivity contribution in [3.8, 4) is 5.75 Å². The molecule has 26 heavy (non-hydrogen) atoms. The van der Waals surface area contributed by atoms with Gasteiger partial charge in [0.15, 0.2) is 0 Å². The zero-order chi connectivity index (χ0) is 18.9. The third-order valence-corrected chi connectivity index (χ3v) is 5.36. The van der Waals surface area contributed by atoms with Crippen molar-refractivity contribution < 1.29 is 14.3 Å². The van der Waals surface area contributed by atoms with Gasteiger partial charge in [0.25, 0.3) is 0 Å². The molecule has 0 aromatic heterocycles. The van der Waals surface area contributed by atoms with Crippen LogP contribution >= 0.6 is 11.6 Å². The molecule has 2 amide bonds. The third-order valence-electron chi connectivity index (χ3n) is 5.06. The number of piperidine rings is 1. The molecule has 1 N–H and O–H groups in total. The van der Waals surface area contributed by atoms with Crippen LogP contribution in [0.25, 0.3) is 0 Å². The van der Waals surface area contributed by atoms with Gasteiger partial charge in [-0.05, 0) is 18.9 Å². The summed E-state index contributed by atoms with van der Waals surface area (Å²) in [5, 5.41) is 3.73. The first kappa shape index (κ1) is 19.0. The molecule has 0 radical (unpaired) electrons. The Morgan fingerprint density at radius 1 is 1.27 bits per heavy atom. The van der Waals surface area contributed by atoms with Gasteiger partial charge in [-0.15, -0.1) is 0 Å². The lowest BCUT2D eigenvalue weighted by molar-refractivity contribution is -0.143. The number of hydrogen-bond donors (Lipinski definition) is 1. The number of rotatable bonds is 2. The largest absolute Gasteiger partial charge is 0.492 e. The van der Waals surface area contributed by atoms with Gasteiger partial charge in [-0.25, -0.2) is 0 Å². The molecule has 2 atom stereocenters. The molecule has 0 bridgehead atoms. The molecule has 1 saturated heterocycles. The van der Waals surface area contributed by atoms with E-state index < -0.39 is 5.41 Å². The molecule has 0 unspecified atom stereocenters. The maximum Gasteiger partial charge on any atom is 0.227 e. The molecule has 5 nitrogen and oxygen atoms in total. The predicted molar refractivity (Wildman–Crippen MR) is 101 cm³/mol. The molecule has 0 spiro atoms. The number of amides is 2. The van der Waals surface area contributed by atoms with Crippen LogP contribution in [0.15, 0.2) is 18.2 Å². The Bertz CT molecular complexity index is 699. The highest BCUT2D eigenvalue weighted by molar-refractivity contribution is 6.32. The van der Waals surface area contributed by atoms with Crippen LogP contribution in [0.4, 0.5) is 0 Å². The lowest BCUT2D eigenvalue weighted by Crippen LogP contribution is -2.49. The van der Waals surface area contributed by atoms with Crippen LogP contribution in [0.5, 0.6) is 5.75 Å². The van der Waals surface area contributed by atoms with Crippen molar-refractivity contribution in [3.05, 3.63) is 28.8 Å². The summed E-state index contributed by atoms with van der Waals surface area (Å²) < 4.78 is 5.66. The molecule has 6 heteroatoms. The number of halogens is 1. The Morgan fingerprint density at radius 2 is 2.04 bits per heavy atom. The van der Waals surface area contributed by atoms with Crippen molar-refractivity contribution in [2.24, 2.45) is 11.3 Å². The van der Waals surface area contributed by atoms with Gasteiger partial charge in [0, 0.05) is 30.5 Å². The highest BCUT2D eigenvalue weighted by atomic mass is 35.5. The molecule has 2 heterocycles. The maximum atomic E-state index is 12.9. The monoisotopic (exact) mass is 378 g/mol. The van der Waals surface area contributed by atoms with Crippen LogP contribution in [-0.4, -0.2) is 36.4 Å². The molecule has 1 fully saturated rings. The maximum absolute atomic E-state index is 12.9. The SMILES string of the molecule is CC(C)(C)C(=O)N1CCC[C@@H](C(=O)N[C@H]2CCOc3c(Cl)cccc32)C1. The molecule has 142 valence electrons. The summed E-state index contributed by atoms with van der Waals surface area (Å²) in [6, 6.07) is 5.52. The van der Waals surface area contributed by atoms with E-state index in [0.717, 1.165) is 31.4 Å². The first-order valence-electron chi connectivity index (χ1n) is 9.28. The normalized spacial score (nSPS) is 23.0. The molecule has 1 aromatic carbocycles. The Labute approximate surface area is 160 Å². The van der Waals surface area contributed by atoms with Gasteiger partial charge < -0.3 is 15.0 Å². The van der Waals surface area contributed by atoms with Crippen molar-refractivity contribution in [1.29, 1.82) is 0 Å². The van der Waals surface area contributed by atoms with Crippen molar-refractivity contribution >= 4 is 23.4 Å². The fourth-order valence-electron chi connectivity index (χ4n) is 3.68. The van der Waals surface area contributed by atoms with Gasteiger partial charge in [-0.1, -0.05) is 44.5 Å². The quantitative estimate of drug-likeness (QED) is 0.855. The highest BCUT2D eigenvalue weighted by Crippen LogP contribution is 2.37. The molecule has 0 saturated carbocycles. The number of fused-ring (bicyclic) bond motifs is 1. The lowest BCUT2D eigenvalue weighted by atomic mass is 9.90. The number of likely N-dealkylation sites (tertiary alicyclic amines) is 1. The van der Waals surface area contributed by atoms with Crippen molar-refractivity contribution in [2.45, 2.75) is 46.1 Å². The fraction of sp³-hybridized carbons (Fsp3) is 0.600. The van der Waals surface area contributed by atoms with Gasteiger partial charge >= 0.3 is 0 Å². The van der Waals surface area contributed by atoms with E-state index in [4.69, 9.17) is 16.3 Å². The Balaban J connectivity index is 1.68. The van der Waals surface area contributed by atoms with Gasteiger partial charge in [0.2, 0.25) is 11.8 Å². The van der Waals surface area contributed by atoms with Gasteiger partial charge in [0.05, 0.1) is 23.6 Å². The number of hydrogen-bond acceptors (Lipinski definition) is 3. The highest BCUT2D eigenvalue weighted by Gasteiger charge is 2.34. The first-order valence-corrected chi connectivity index (χ1v) is 9.66. The van der Waals surface area contributed by atoms with E-state index in [9.17, 15) is 9.59 Å². The molecule has 0 aliphatic carbocycles. The van der Waals surface area contributed by atoms with Crippen molar-refractivity contribution in [3.63, 3.8) is 0 Å². The number of ether oxygens (including phenoxy) is 1. The van der Waals surface area contributed by atoms with Crippen molar-refractivity contribution in [2.75, 3.05) is 19.7 Å². The zero-order valence-electron chi connectivity index (χ0n) is 15.7. The average molecular weight is 379 g/mol. The Kier molecular flexibility index (Phi) is 5.47. The molecular weight excluding hydrogens is 352 g/mol. The summed E-state index contributed by atoms with van der Waals surface area (Å²) in [5.41, 5.74) is 0.505. The van der Waals surface area contributed by atoms with Crippen LogP contribution in [0.2, 0.25) is 5.02 Å². The molecule has 2 aliphatic rings. The number of nitrogens with zero attached hydrogens (tertiary/aromatic N) is 1. The topological polar surface area (TPSA) is 58.6 Å². The zero-order valence-corrected chi connectivity index (χ0v) is 16.4. The van der Waals surface area contributed by atoms with E-state index in [1.54, 1.807) is 6.07 Å². The second-order valence-electron chi connectivity index (χ2n) is 8.20. The van der Waals surface area contributed by atoms with E-state index in [1.165, 1.54) is 0 Å². The van der Waals surface area contributed by atoms with Crippen LogP contribution in [0.1, 0.15) is 51.6 Å². The molecule has 1 aromatic rings. The summed E-state index contributed by atoms with van der Waals surface area (Å²) in [5.74, 6) is 0.617. The second kappa shape index (κ2) is 7.47. The van der Waals surface area contributed by atoms with Crippen LogP contribution in [-0.2, 0) is 9.59 Å². The average Bonchev–Trinajstić information content (AvgIpc) is 2.61. The fourth-order valence-corrected chi connectivity index (χ4v) is 3.91. The van der Waals surface area contributed by atoms with E-state index in [-0.39, 0.29) is 23.8 Å². The summed E-state index contributed by atoms with van der Waals surface area (Å²) in [4.78, 5) is 27.2. The smallest absolute Gasteiger partial charge is 0.227 e. The van der Waals surface area contributed by atoms with Crippen LogP contribution in [0, 0.1) is 11.3 Å². The number of nitrogens with one attached hydrogen (secondary N) is 1. The molecule has 2 aliphatic heterocycles. The second-order valence-corrected chi connectivity index (χ2v) is 8.60. The standard InChI is InChI=1S/C20H27ClN2O3/c1-20(2,3)19(25)23-10-5-6-13(12-23)18(24)22-16-9-11-26-17-14(16)7-4-8-15(17)21/h4,7-8,13,16H,5-6,9-12H2,1-3H3,(H,22,24)/t13-,16+/m1/s1. The minimum absolute atomic E-state index is 0.00855. The Hall–Kier alpha value is -1.75. The van der Waals surface area contributed by atoms with E-state index >= 15 is 0 Å². The number of para-hydroxylation sites is 1. The summed E-state index contributed by atoms with van der Waals surface area (Å²) in [6.45, 7) is 7.51. The van der Waals surface area contributed by atoms with E-state index in [2.05, 4.69) is 5.32 Å². The minimum Gasteiger partial charge on any atom is -0.492 e. The molecular formula is C20H27ClN2O3. The summed E-state index contributed by atoms with van der Waals surface area (Å²) >= 11 is 6.21. The first-order chi connectivity index (χ1) is 12.3. The summed E-state index contributed by atoms with van der Waals surface area (Å²) in [6.07, 6.45) is 2.39. The molecule has 3 rings (SSSR count). The minimum atomic E-state index is -0.422. The number of carbonyl (C=O) groups excluding carboxylic acids is 2.